The number of pyridine rings is 2. The lowest BCUT2D eigenvalue weighted by atomic mass is 10.2. The second-order valence-electron chi connectivity index (χ2n) is 6.99. The van der Waals surface area contributed by atoms with Gasteiger partial charge in [-0.2, -0.15) is 0 Å². The molecule has 2 aliphatic heterocycles. The smallest absolute Gasteiger partial charge is 0.263 e. The van der Waals surface area contributed by atoms with Crippen LogP contribution in [0, 0.1) is 0 Å². The number of rotatable bonds is 2. The van der Waals surface area contributed by atoms with Crippen molar-refractivity contribution in [3.63, 3.8) is 0 Å². The van der Waals surface area contributed by atoms with Crippen LogP contribution in [0.3, 0.4) is 0 Å². The van der Waals surface area contributed by atoms with E-state index in [1.54, 1.807) is 24.5 Å². The van der Waals surface area contributed by atoms with E-state index in [2.05, 4.69) is 30.6 Å². The van der Waals surface area contributed by atoms with Gasteiger partial charge in [0.25, 0.3) is 11.8 Å². The van der Waals surface area contributed by atoms with Gasteiger partial charge in [0.1, 0.15) is 8.64 Å². The number of fused-ring (bicyclic) bond motifs is 2. The topological polar surface area (TPSA) is 116 Å². The molecule has 2 amide bonds. The maximum absolute atomic E-state index is 11.5. The summed E-state index contributed by atoms with van der Waals surface area (Å²) in [4.78, 5) is 39.0. The Morgan fingerprint density at radius 3 is 1.56 bits per heavy atom. The number of aromatic amines is 2. The minimum Gasteiger partial charge on any atom is -0.359 e. The molecule has 4 aromatic rings. The van der Waals surface area contributed by atoms with Gasteiger partial charge in [-0.3, -0.25) is 19.6 Å². The van der Waals surface area contributed by atoms with Crippen molar-refractivity contribution in [1.29, 1.82) is 0 Å². The predicted molar refractivity (Wildman–Crippen MR) is 145 cm³/mol. The van der Waals surface area contributed by atoms with Crippen LogP contribution in [0.4, 0.5) is 0 Å². The van der Waals surface area contributed by atoms with Crippen molar-refractivity contribution in [3.8, 4) is 0 Å². The molecule has 6 rings (SSSR count). The Balaban J connectivity index is 0.000000142. The predicted octanol–water partition coefficient (Wildman–Crippen LogP) is 4.10. The van der Waals surface area contributed by atoms with Crippen LogP contribution in [0.2, 0.25) is 0 Å². The normalized spacial score (nSPS) is 18.0. The maximum Gasteiger partial charge on any atom is 0.263 e. The molecule has 12 heteroatoms. The number of amides is 2. The highest BCUT2D eigenvalue weighted by molar-refractivity contribution is 8.27. The molecular formula is C22H14N6O2S4. The molecule has 34 heavy (non-hydrogen) atoms. The number of thioether (sulfide) groups is 2. The van der Waals surface area contributed by atoms with E-state index in [1.165, 1.54) is 23.5 Å². The lowest BCUT2D eigenvalue weighted by Gasteiger charge is -1.92. The molecule has 168 valence electrons. The first kappa shape index (κ1) is 22.5. The largest absolute Gasteiger partial charge is 0.359 e. The minimum absolute atomic E-state index is 0.148. The summed E-state index contributed by atoms with van der Waals surface area (Å²) in [5.41, 5.74) is 5.39. The molecule has 0 saturated carbocycles. The summed E-state index contributed by atoms with van der Waals surface area (Å²) in [6, 6.07) is 7.61. The van der Waals surface area contributed by atoms with Crippen molar-refractivity contribution in [2.24, 2.45) is 0 Å². The van der Waals surface area contributed by atoms with E-state index in [9.17, 15) is 9.59 Å². The Bertz CT molecular complexity index is 1440. The molecule has 6 heterocycles. The minimum atomic E-state index is -0.148. The first-order chi connectivity index (χ1) is 16.5. The number of carbonyl (C=O) groups is 2. The first-order valence-corrected chi connectivity index (χ1v) is 12.3. The van der Waals surface area contributed by atoms with Crippen molar-refractivity contribution < 1.29 is 9.59 Å². The Morgan fingerprint density at radius 2 is 1.18 bits per heavy atom. The molecule has 0 radical (unpaired) electrons. The van der Waals surface area contributed by atoms with Crippen molar-refractivity contribution in [2.45, 2.75) is 0 Å². The highest BCUT2D eigenvalue weighted by Crippen LogP contribution is 2.29. The molecule has 2 aliphatic rings. The summed E-state index contributed by atoms with van der Waals surface area (Å²) in [5, 5.41) is 5.17. The quantitative estimate of drug-likeness (QED) is 0.230. The molecule has 0 unspecified atom stereocenters. The molecular weight excluding hydrogens is 509 g/mol. The summed E-state index contributed by atoms with van der Waals surface area (Å²) in [6.45, 7) is 0. The van der Waals surface area contributed by atoms with E-state index < -0.39 is 0 Å². The zero-order chi connectivity index (χ0) is 23.7. The fourth-order valence-corrected chi connectivity index (χ4v) is 5.37. The van der Waals surface area contributed by atoms with Gasteiger partial charge in [-0.05, 0) is 36.4 Å². The molecule has 0 bridgehead atoms. The molecule has 0 aliphatic carbocycles. The van der Waals surface area contributed by atoms with Crippen LogP contribution in [-0.2, 0) is 9.59 Å². The number of aromatic nitrogens is 4. The lowest BCUT2D eigenvalue weighted by molar-refractivity contribution is -0.116. The van der Waals surface area contributed by atoms with Gasteiger partial charge in [0, 0.05) is 35.9 Å². The number of H-pyrrole nitrogens is 2. The van der Waals surface area contributed by atoms with Crippen molar-refractivity contribution in [3.05, 3.63) is 70.0 Å². The van der Waals surface area contributed by atoms with Gasteiger partial charge in [0.2, 0.25) is 0 Å². The lowest BCUT2D eigenvalue weighted by Crippen LogP contribution is -2.17. The van der Waals surface area contributed by atoms with Crippen LogP contribution in [-0.4, -0.2) is 40.4 Å². The third-order valence-electron chi connectivity index (χ3n) is 4.79. The van der Waals surface area contributed by atoms with E-state index in [0.717, 1.165) is 33.2 Å². The third-order valence-corrected chi connectivity index (χ3v) is 7.11. The Labute approximate surface area is 212 Å². The Morgan fingerprint density at radius 1 is 0.735 bits per heavy atom. The molecule has 4 aromatic heterocycles. The maximum atomic E-state index is 11.5. The Kier molecular flexibility index (Phi) is 6.28. The number of hydrogen-bond donors (Lipinski definition) is 4. The van der Waals surface area contributed by atoms with Gasteiger partial charge in [-0.25, -0.2) is 0 Å². The molecule has 2 saturated heterocycles. The Hall–Kier alpha value is -3.32. The highest BCUT2D eigenvalue weighted by atomic mass is 32.2. The van der Waals surface area contributed by atoms with Gasteiger partial charge in [-0.15, -0.1) is 0 Å². The average molecular weight is 523 g/mol. The summed E-state index contributed by atoms with van der Waals surface area (Å²) in [7, 11) is 0. The molecule has 0 spiro atoms. The van der Waals surface area contributed by atoms with Gasteiger partial charge >= 0.3 is 0 Å². The molecule has 8 nitrogen and oxygen atoms in total. The number of carbonyl (C=O) groups excluding carboxylic acids is 2. The van der Waals surface area contributed by atoms with Crippen LogP contribution >= 0.6 is 48.0 Å². The molecule has 2 fully saturated rings. The van der Waals surface area contributed by atoms with Gasteiger partial charge in [0.15, 0.2) is 0 Å². The fraction of sp³-hybridized carbons (Fsp3) is 0. The van der Waals surface area contributed by atoms with Gasteiger partial charge < -0.3 is 20.6 Å². The molecule has 4 N–H and O–H groups in total. The number of nitrogens with one attached hydrogen (secondary N) is 4. The van der Waals surface area contributed by atoms with Crippen LogP contribution in [0.1, 0.15) is 11.1 Å². The second kappa shape index (κ2) is 9.50. The molecule has 0 atom stereocenters. The van der Waals surface area contributed by atoms with E-state index in [0.29, 0.717) is 18.5 Å². The summed E-state index contributed by atoms with van der Waals surface area (Å²) in [5.74, 6) is -0.296. The monoisotopic (exact) mass is 522 g/mol. The van der Waals surface area contributed by atoms with E-state index in [4.69, 9.17) is 24.4 Å². The summed E-state index contributed by atoms with van der Waals surface area (Å²) >= 11 is 12.4. The van der Waals surface area contributed by atoms with E-state index >= 15 is 0 Å². The summed E-state index contributed by atoms with van der Waals surface area (Å²) in [6.07, 6.45) is 10.7. The second-order valence-corrected chi connectivity index (χ2v) is 10.4. The van der Waals surface area contributed by atoms with Crippen LogP contribution in [0.5, 0.6) is 0 Å². The third kappa shape index (κ3) is 4.66. The number of hydrogen-bond acceptors (Lipinski definition) is 8. The van der Waals surface area contributed by atoms with E-state index in [1.807, 2.05) is 36.7 Å². The van der Waals surface area contributed by atoms with Crippen molar-refractivity contribution in [1.82, 2.24) is 30.6 Å². The first-order valence-electron chi connectivity index (χ1n) is 9.82. The van der Waals surface area contributed by atoms with Crippen LogP contribution in [0.15, 0.2) is 58.9 Å². The number of nitrogens with zero attached hydrogens (tertiary/aromatic N) is 2. The number of thiocarbonyl (C=S) groups is 2. The van der Waals surface area contributed by atoms with Crippen molar-refractivity contribution in [2.75, 3.05) is 0 Å². The van der Waals surface area contributed by atoms with E-state index in [-0.39, 0.29) is 11.8 Å². The van der Waals surface area contributed by atoms with Gasteiger partial charge in [0.05, 0.1) is 31.9 Å². The standard InChI is InChI=1S/2C11H7N3OS2/c2*15-10-8(17-11(16)14-10)4-6-5-13-7-2-1-3-12-9(6)7/h2*1-5,13H,(H,14,15,16)/b2*8-4-. The SMILES string of the molecule is O=C1NC(=S)S/C1=C\c1c[nH]c2cccnc12.O=C1NC(=S)S/C1=C\c1c[nH]c2cccnc12. The van der Waals surface area contributed by atoms with Crippen LogP contribution in [0.25, 0.3) is 34.2 Å². The van der Waals surface area contributed by atoms with Gasteiger partial charge in [-0.1, -0.05) is 48.0 Å². The fourth-order valence-electron chi connectivity index (χ4n) is 3.30. The highest BCUT2D eigenvalue weighted by Gasteiger charge is 2.23. The zero-order valence-corrected chi connectivity index (χ0v) is 20.4. The zero-order valence-electron chi connectivity index (χ0n) is 17.1. The molecule has 0 aromatic carbocycles. The summed E-state index contributed by atoms with van der Waals surface area (Å²) < 4.78 is 0.989. The average Bonchev–Trinajstić information content (AvgIpc) is 3.57. The van der Waals surface area contributed by atoms with Crippen molar-refractivity contribution >= 4 is 103 Å². The van der Waals surface area contributed by atoms with Crippen LogP contribution < -0.4 is 10.6 Å².